The summed E-state index contributed by atoms with van der Waals surface area (Å²) in [6.45, 7) is 2.29. The Bertz CT molecular complexity index is 517. The number of fused-ring (bicyclic) bond motifs is 1. The molecule has 0 radical (unpaired) electrons. The van der Waals surface area contributed by atoms with Crippen molar-refractivity contribution < 1.29 is 4.74 Å². The van der Waals surface area contributed by atoms with E-state index in [1.807, 2.05) is 0 Å². The van der Waals surface area contributed by atoms with Crippen LogP contribution in [0.2, 0.25) is 0 Å². The summed E-state index contributed by atoms with van der Waals surface area (Å²) in [5, 5.41) is 0. The van der Waals surface area contributed by atoms with Gasteiger partial charge in [-0.05, 0) is 50.9 Å². The zero-order valence-electron chi connectivity index (χ0n) is 13.3. The second-order valence-corrected chi connectivity index (χ2v) is 6.82. The van der Waals surface area contributed by atoms with Crippen molar-refractivity contribution in [3.05, 3.63) is 17.1 Å². The maximum absolute atomic E-state index is 6.26. The molecule has 0 bridgehead atoms. The number of hydrogen-bond acceptors (Lipinski definition) is 4. The van der Waals surface area contributed by atoms with Gasteiger partial charge in [-0.3, -0.25) is 0 Å². The van der Waals surface area contributed by atoms with Crippen LogP contribution in [0.25, 0.3) is 0 Å². The first-order chi connectivity index (χ1) is 10.1. The van der Waals surface area contributed by atoms with Gasteiger partial charge in [-0.1, -0.05) is 19.8 Å². The van der Waals surface area contributed by atoms with Crippen molar-refractivity contribution in [2.24, 2.45) is 5.92 Å². The Kier molecular flexibility index (Phi) is 4.16. The largest absolute Gasteiger partial charge is 0.383 e. The third kappa shape index (κ3) is 2.78. The molecule has 0 amide bonds. The van der Waals surface area contributed by atoms with Crippen LogP contribution in [-0.4, -0.2) is 17.1 Å². The number of aromatic nitrogens is 2. The van der Waals surface area contributed by atoms with Crippen LogP contribution in [0.4, 0.5) is 5.82 Å². The first kappa shape index (κ1) is 14.8. The highest BCUT2D eigenvalue weighted by molar-refractivity contribution is 5.43. The van der Waals surface area contributed by atoms with E-state index in [2.05, 4.69) is 11.9 Å². The van der Waals surface area contributed by atoms with Gasteiger partial charge in [0.15, 0.2) is 5.82 Å². The van der Waals surface area contributed by atoms with E-state index in [4.69, 9.17) is 15.5 Å². The number of ether oxygens (including phenoxy) is 1. The number of nitrogens with zero attached hydrogens (tertiary/aromatic N) is 2. The lowest BCUT2D eigenvalue weighted by Gasteiger charge is -2.38. The lowest BCUT2D eigenvalue weighted by atomic mass is 9.78. The number of aryl methyl sites for hydroxylation is 1. The Morgan fingerprint density at radius 3 is 2.71 bits per heavy atom. The molecule has 4 nitrogen and oxygen atoms in total. The highest BCUT2D eigenvalue weighted by Gasteiger charge is 2.40. The van der Waals surface area contributed by atoms with E-state index in [1.165, 1.54) is 43.4 Å². The molecule has 0 spiro atoms. The molecular weight excluding hydrogens is 262 g/mol. The highest BCUT2D eigenvalue weighted by Crippen LogP contribution is 2.41. The second kappa shape index (κ2) is 5.91. The monoisotopic (exact) mass is 289 g/mol. The summed E-state index contributed by atoms with van der Waals surface area (Å²) in [6.07, 6.45) is 10.2. The van der Waals surface area contributed by atoms with Gasteiger partial charge in [-0.25, -0.2) is 9.97 Å². The van der Waals surface area contributed by atoms with Gasteiger partial charge in [-0.15, -0.1) is 0 Å². The molecule has 2 atom stereocenters. The van der Waals surface area contributed by atoms with E-state index in [9.17, 15) is 0 Å². The van der Waals surface area contributed by atoms with E-state index in [-0.39, 0.29) is 5.60 Å². The summed E-state index contributed by atoms with van der Waals surface area (Å²) in [6, 6.07) is 0. The maximum atomic E-state index is 6.26. The predicted octanol–water partition coefficient (Wildman–Crippen LogP) is 3.38. The fourth-order valence-corrected chi connectivity index (χ4v) is 3.99. The van der Waals surface area contributed by atoms with E-state index in [1.54, 1.807) is 7.11 Å². The normalized spacial score (nSPS) is 29.7. The molecule has 0 aromatic carbocycles. The van der Waals surface area contributed by atoms with Crippen LogP contribution in [0, 0.1) is 5.92 Å². The van der Waals surface area contributed by atoms with Crippen molar-refractivity contribution in [3.8, 4) is 0 Å². The average Bonchev–Trinajstić information content (AvgIpc) is 2.72. The minimum Gasteiger partial charge on any atom is -0.383 e. The molecule has 0 saturated heterocycles. The molecule has 21 heavy (non-hydrogen) atoms. The molecule has 116 valence electrons. The van der Waals surface area contributed by atoms with Gasteiger partial charge in [0.05, 0.1) is 0 Å². The Morgan fingerprint density at radius 2 is 1.95 bits per heavy atom. The standard InChI is InChI=1S/C17H27N3O/c1-12-7-6-10-17(11-12,21-2)16-19-14-9-5-3-4-8-13(14)15(18)20-16/h12H,3-11H2,1-2H3,(H2,18,19,20). The zero-order valence-corrected chi connectivity index (χ0v) is 13.3. The van der Waals surface area contributed by atoms with Crippen molar-refractivity contribution in [1.29, 1.82) is 0 Å². The van der Waals surface area contributed by atoms with Crippen LogP contribution >= 0.6 is 0 Å². The first-order valence-corrected chi connectivity index (χ1v) is 8.35. The smallest absolute Gasteiger partial charge is 0.162 e. The number of hydrogen-bond donors (Lipinski definition) is 1. The molecule has 1 heterocycles. The van der Waals surface area contributed by atoms with Crippen molar-refractivity contribution in [1.82, 2.24) is 9.97 Å². The van der Waals surface area contributed by atoms with Crippen molar-refractivity contribution >= 4 is 5.82 Å². The topological polar surface area (TPSA) is 61.0 Å². The number of methoxy groups -OCH3 is 1. The molecular formula is C17H27N3O. The fourth-order valence-electron chi connectivity index (χ4n) is 3.99. The molecule has 2 unspecified atom stereocenters. The second-order valence-electron chi connectivity index (χ2n) is 6.82. The van der Waals surface area contributed by atoms with Crippen LogP contribution in [0.15, 0.2) is 0 Å². The van der Waals surface area contributed by atoms with E-state index >= 15 is 0 Å². The minimum atomic E-state index is -0.326. The summed E-state index contributed by atoms with van der Waals surface area (Å²) < 4.78 is 5.93. The van der Waals surface area contributed by atoms with E-state index < -0.39 is 0 Å². The van der Waals surface area contributed by atoms with Crippen molar-refractivity contribution in [3.63, 3.8) is 0 Å². The predicted molar refractivity (Wildman–Crippen MR) is 84.0 cm³/mol. The SMILES string of the molecule is COC1(c2nc(N)c3c(n2)CCCCC3)CCCC(C)C1. The summed E-state index contributed by atoms with van der Waals surface area (Å²) in [5.74, 6) is 2.17. The van der Waals surface area contributed by atoms with E-state index in [0.717, 1.165) is 31.5 Å². The quantitative estimate of drug-likeness (QED) is 0.848. The van der Waals surface area contributed by atoms with Crippen LogP contribution in [-0.2, 0) is 23.2 Å². The maximum Gasteiger partial charge on any atom is 0.162 e. The minimum absolute atomic E-state index is 0.326. The molecule has 2 N–H and O–H groups in total. The summed E-state index contributed by atoms with van der Waals surface area (Å²) >= 11 is 0. The number of anilines is 1. The number of nitrogens with two attached hydrogens (primary N) is 1. The van der Waals surface area contributed by atoms with Gasteiger partial charge >= 0.3 is 0 Å². The van der Waals surface area contributed by atoms with Gasteiger partial charge < -0.3 is 10.5 Å². The molecule has 1 fully saturated rings. The number of rotatable bonds is 2. The highest BCUT2D eigenvalue weighted by atomic mass is 16.5. The lowest BCUT2D eigenvalue weighted by molar-refractivity contribution is -0.0646. The lowest BCUT2D eigenvalue weighted by Crippen LogP contribution is -2.36. The Hall–Kier alpha value is -1.16. The molecule has 2 aliphatic carbocycles. The van der Waals surface area contributed by atoms with Crippen LogP contribution in [0.3, 0.4) is 0 Å². The van der Waals surface area contributed by atoms with Crippen LogP contribution in [0.1, 0.15) is 69.0 Å². The summed E-state index contributed by atoms with van der Waals surface area (Å²) in [7, 11) is 1.79. The molecule has 0 aliphatic heterocycles. The summed E-state index contributed by atoms with van der Waals surface area (Å²) in [5.41, 5.74) is 8.29. The molecule has 4 heteroatoms. The van der Waals surface area contributed by atoms with Gasteiger partial charge in [0.1, 0.15) is 11.4 Å². The number of nitrogen functional groups attached to an aromatic ring is 1. The van der Waals surface area contributed by atoms with Crippen LogP contribution < -0.4 is 5.73 Å². The van der Waals surface area contributed by atoms with Gasteiger partial charge in [0.25, 0.3) is 0 Å². The Morgan fingerprint density at radius 1 is 1.14 bits per heavy atom. The fraction of sp³-hybridized carbons (Fsp3) is 0.765. The molecule has 1 aromatic rings. The zero-order chi connectivity index (χ0) is 14.9. The van der Waals surface area contributed by atoms with E-state index in [0.29, 0.717) is 11.7 Å². The molecule has 3 rings (SSSR count). The third-order valence-corrected chi connectivity index (χ3v) is 5.22. The van der Waals surface area contributed by atoms with Gasteiger partial charge in [0, 0.05) is 18.4 Å². The first-order valence-electron chi connectivity index (χ1n) is 8.35. The van der Waals surface area contributed by atoms with Gasteiger partial charge in [-0.2, -0.15) is 0 Å². The molecule has 1 saturated carbocycles. The van der Waals surface area contributed by atoms with Crippen LogP contribution in [0.5, 0.6) is 0 Å². The molecule has 2 aliphatic rings. The summed E-state index contributed by atoms with van der Waals surface area (Å²) in [4.78, 5) is 9.59. The van der Waals surface area contributed by atoms with Crippen molar-refractivity contribution in [2.75, 3.05) is 12.8 Å². The van der Waals surface area contributed by atoms with Gasteiger partial charge in [0.2, 0.25) is 0 Å². The third-order valence-electron chi connectivity index (χ3n) is 5.22. The Labute approximate surface area is 127 Å². The Balaban J connectivity index is 2.01. The molecule has 1 aromatic heterocycles. The average molecular weight is 289 g/mol. The van der Waals surface area contributed by atoms with Crippen molar-refractivity contribution in [2.45, 2.75) is 70.3 Å².